The van der Waals surface area contributed by atoms with Crippen LogP contribution < -0.4 is 0 Å². The SMILES string of the molecule is CCCCC/C=C\CCCCCCCCCCCOC(=O)CC(C)=O. The van der Waals surface area contributed by atoms with Gasteiger partial charge >= 0.3 is 5.97 Å². The second-order valence-corrected chi connectivity index (χ2v) is 7.04. The molecular weight excluding hydrogens is 312 g/mol. The molecule has 0 aromatic heterocycles. The van der Waals surface area contributed by atoms with Crippen LogP contribution in [-0.4, -0.2) is 18.4 Å². The van der Waals surface area contributed by atoms with Crippen LogP contribution in [-0.2, 0) is 14.3 Å². The molecule has 0 saturated carbocycles. The number of unbranched alkanes of at least 4 members (excludes halogenated alkanes) is 12. The van der Waals surface area contributed by atoms with Gasteiger partial charge in [-0.25, -0.2) is 0 Å². The van der Waals surface area contributed by atoms with E-state index in [-0.39, 0.29) is 18.2 Å². The minimum Gasteiger partial charge on any atom is -0.465 e. The number of esters is 1. The van der Waals surface area contributed by atoms with Crippen molar-refractivity contribution >= 4 is 11.8 Å². The fourth-order valence-electron chi connectivity index (χ4n) is 2.79. The molecular formula is C22H40O3. The molecule has 0 radical (unpaired) electrons. The molecule has 0 rings (SSSR count). The monoisotopic (exact) mass is 352 g/mol. The van der Waals surface area contributed by atoms with Gasteiger partial charge in [-0.15, -0.1) is 0 Å². The van der Waals surface area contributed by atoms with Crippen LogP contribution in [0.25, 0.3) is 0 Å². The molecule has 0 aromatic rings. The van der Waals surface area contributed by atoms with Gasteiger partial charge in [-0.3, -0.25) is 9.59 Å². The summed E-state index contributed by atoms with van der Waals surface area (Å²) in [7, 11) is 0. The highest BCUT2D eigenvalue weighted by molar-refractivity contribution is 5.94. The van der Waals surface area contributed by atoms with E-state index in [1.54, 1.807) is 0 Å². The van der Waals surface area contributed by atoms with Gasteiger partial charge in [0.1, 0.15) is 12.2 Å². The quantitative estimate of drug-likeness (QED) is 0.122. The van der Waals surface area contributed by atoms with E-state index in [0.717, 1.165) is 12.8 Å². The van der Waals surface area contributed by atoms with Gasteiger partial charge in [0.25, 0.3) is 0 Å². The van der Waals surface area contributed by atoms with E-state index in [9.17, 15) is 9.59 Å². The summed E-state index contributed by atoms with van der Waals surface area (Å²) in [5.41, 5.74) is 0. The van der Waals surface area contributed by atoms with Crippen LogP contribution in [0, 0.1) is 0 Å². The number of ether oxygens (including phenoxy) is 1. The normalized spacial score (nSPS) is 11.1. The topological polar surface area (TPSA) is 43.4 Å². The summed E-state index contributed by atoms with van der Waals surface area (Å²) in [4.78, 5) is 21.9. The summed E-state index contributed by atoms with van der Waals surface area (Å²) in [5, 5.41) is 0. The first kappa shape index (κ1) is 23.9. The van der Waals surface area contributed by atoms with E-state index in [4.69, 9.17) is 4.74 Å². The Morgan fingerprint density at radius 2 is 1.20 bits per heavy atom. The van der Waals surface area contributed by atoms with Crippen molar-refractivity contribution in [3.63, 3.8) is 0 Å². The van der Waals surface area contributed by atoms with Crippen LogP contribution in [0.5, 0.6) is 0 Å². The highest BCUT2D eigenvalue weighted by Gasteiger charge is 2.05. The second kappa shape index (κ2) is 19.2. The molecule has 0 spiro atoms. The van der Waals surface area contributed by atoms with Gasteiger partial charge < -0.3 is 4.74 Å². The Morgan fingerprint density at radius 3 is 1.72 bits per heavy atom. The van der Waals surface area contributed by atoms with Crippen LogP contribution in [0.4, 0.5) is 0 Å². The highest BCUT2D eigenvalue weighted by Crippen LogP contribution is 2.11. The number of allylic oxidation sites excluding steroid dienone is 2. The highest BCUT2D eigenvalue weighted by atomic mass is 16.5. The smallest absolute Gasteiger partial charge is 0.313 e. The molecule has 0 heterocycles. The first-order valence-electron chi connectivity index (χ1n) is 10.5. The van der Waals surface area contributed by atoms with Gasteiger partial charge in [-0.05, 0) is 39.0 Å². The van der Waals surface area contributed by atoms with Gasteiger partial charge in [-0.2, -0.15) is 0 Å². The standard InChI is InChI=1S/C22H40O3/c1-3-4-5-6-7-8-9-10-11-12-13-14-15-16-17-18-19-25-22(24)20-21(2)23/h7-8H,3-6,9-20H2,1-2H3/b8-7-. The summed E-state index contributed by atoms with van der Waals surface area (Å²) >= 11 is 0. The van der Waals surface area contributed by atoms with E-state index in [1.807, 2.05) is 0 Å². The van der Waals surface area contributed by atoms with Gasteiger partial charge in [0.05, 0.1) is 6.61 Å². The number of hydrogen-bond acceptors (Lipinski definition) is 3. The summed E-state index contributed by atoms with van der Waals surface area (Å²) in [6, 6.07) is 0. The molecule has 0 aliphatic rings. The van der Waals surface area contributed by atoms with E-state index < -0.39 is 0 Å². The molecule has 0 fully saturated rings. The molecule has 0 aliphatic heterocycles. The minimum atomic E-state index is -0.386. The van der Waals surface area contributed by atoms with Crippen LogP contribution in [0.15, 0.2) is 12.2 Å². The summed E-state index contributed by atoms with van der Waals surface area (Å²) in [5.74, 6) is -0.517. The van der Waals surface area contributed by atoms with Gasteiger partial charge in [0.15, 0.2) is 0 Å². The third kappa shape index (κ3) is 20.8. The predicted molar refractivity (Wildman–Crippen MR) is 106 cm³/mol. The zero-order chi connectivity index (χ0) is 18.6. The molecule has 0 bridgehead atoms. The molecule has 0 aromatic carbocycles. The van der Waals surface area contributed by atoms with Crippen molar-refractivity contribution in [2.24, 2.45) is 0 Å². The molecule has 25 heavy (non-hydrogen) atoms. The van der Waals surface area contributed by atoms with E-state index in [1.165, 1.54) is 84.0 Å². The molecule has 0 aliphatic carbocycles. The lowest BCUT2D eigenvalue weighted by Crippen LogP contribution is -2.09. The number of Topliss-reactive ketones (excluding diaryl/α,β-unsaturated/α-hetero) is 1. The molecule has 0 N–H and O–H groups in total. The zero-order valence-electron chi connectivity index (χ0n) is 16.7. The maximum atomic E-state index is 11.2. The average molecular weight is 353 g/mol. The first-order chi connectivity index (χ1) is 12.2. The maximum absolute atomic E-state index is 11.2. The van der Waals surface area contributed by atoms with Gasteiger partial charge in [-0.1, -0.05) is 76.9 Å². The maximum Gasteiger partial charge on any atom is 0.313 e. The third-order valence-electron chi connectivity index (χ3n) is 4.31. The van der Waals surface area contributed by atoms with Crippen molar-refractivity contribution in [3.8, 4) is 0 Å². The number of carbonyl (C=O) groups is 2. The van der Waals surface area contributed by atoms with Crippen LogP contribution in [0.1, 0.15) is 110 Å². The number of ketones is 1. The average Bonchev–Trinajstić information content (AvgIpc) is 2.57. The van der Waals surface area contributed by atoms with Crippen molar-refractivity contribution < 1.29 is 14.3 Å². The van der Waals surface area contributed by atoms with Gasteiger partial charge in [0, 0.05) is 0 Å². The van der Waals surface area contributed by atoms with Crippen LogP contribution in [0.2, 0.25) is 0 Å². The van der Waals surface area contributed by atoms with Crippen molar-refractivity contribution in [1.29, 1.82) is 0 Å². The Bertz CT molecular complexity index is 347. The number of carbonyl (C=O) groups excluding carboxylic acids is 2. The zero-order valence-corrected chi connectivity index (χ0v) is 16.7. The van der Waals surface area contributed by atoms with E-state index in [2.05, 4.69) is 19.1 Å². The van der Waals surface area contributed by atoms with Crippen molar-refractivity contribution in [2.75, 3.05) is 6.61 Å². The molecule has 0 unspecified atom stereocenters. The third-order valence-corrected chi connectivity index (χ3v) is 4.31. The fraction of sp³-hybridized carbons (Fsp3) is 0.818. The van der Waals surface area contributed by atoms with E-state index in [0.29, 0.717) is 6.61 Å². The first-order valence-corrected chi connectivity index (χ1v) is 10.5. The second-order valence-electron chi connectivity index (χ2n) is 7.04. The lowest BCUT2D eigenvalue weighted by molar-refractivity contribution is -0.145. The molecule has 146 valence electrons. The molecule has 0 saturated heterocycles. The molecule has 3 nitrogen and oxygen atoms in total. The minimum absolute atomic E-state index is 0.0886. The Balaban J connectivity index is 3.14. The van der Waals surface area contributed by atoms with Crippen molar-refractivity contribution in [2.45, 2.75) is 110 Å². The Labute approximate surface area is 155 Å². The van der Waals surface area contributed by atoms with Crippen LogP contribution >= 0.6 is 0 Å². The summed E-state index contributed by atoms with van der Waals surface area (Å²) < 4.78 is 5.01. The number of rotatable bonds is 18. The summed E-state index contributed by atoms with van der Waals surface area (Å²) in [6.45, 7) is 4.11. The molecule has 0 amide bonds. The molecule has 0 atom stereocenters. The summed E-state index contributed by atoms with van der Waals surface area (Å²) in [6.07, 6.45) is 22.3. The van der Waals surface area contributed by atoms with Crippen molar-refractivity contribution in [3.05, 3.63) is 12.2 Å². The largest absolute Gasteiger partial charge is 0.465 e. The van der Waals surface area contributed by atoms with Gasteiger partial charge in [0.2, 0.25) is 0 Å². The van der Waals surface area contributed by atoms with Crippen LogP contribution in [0.3, 0.4) is 0 Å². The van der Waals surface area contributed by atoms with E-state index >= 15 is 0 Å². The Morgan fingerprint density at radius 1 is 0.720 bits per heavy atom. The Kier molecular flexibility index (Phi) is 18.3. The molecule has 3 heteroatoms. The lowest BCUT2D eigenvalue weighted by Gasteiger charge is -2.04. The lowest BCUT2D eigenvalue weighted by atomic mass is 10.1. The fourth-order valence-corrected chi connectivity index (χ4v) is 2.79. The Hall–Kier alpha value is -1.12. The predicted octanol–water partition coefficient (Wildman–Crippen LogP) is 6.55. The number of hydrogen-bond donors (Lipinski definition) is 0. The van der Waals surface area contributed by atoms with Crippen molar-refractivity contribution in [1.82, 2.24) is 0 Å².